The highest BCUT2D eigenvalue weighted by atomic mass is 32.2. The van der Waals surface area contributed by atoms with E-state index in [0.29, 0.717) is 30.9 Å². The first-order chi connectivity index (χ1) is 8.49. The van der Waals surface area contributed by atoms with Gasteiger partial charge in [0.1, 0.15) is 9.84 Å². The van der Waals surface area contributed by atoms with Crippen LogP contribution in [0.3, 0.4) is 0 Å². The maximum Gasteiger partial charge on any atom is 0.150 e. The highest BCUT2D eigenvalue weighted by Crippen LogP contribution is 2.26. The first-order valence-corrected chi connectivity index (χ1v) is 8.98. The van der Waals surface area contributed by atoms with Crippen LogP contribution in [0.1, 0.15) is 51.4 Å². The Morgan fingerprint density at radius 1 is 1.06 bits per heavy atom. The van der Waals surface area contributed by atoms with Gasteiger partial charge in [-0.15, -0.1) is 0 Å². The molecule has 0 aromatic rings. The Balaban J connectivity index is 1.77. The Hall–Kier alpha value is -0.130. The van der Waals surface area contributed by atoms with E-state index < -0.39 is 15.4 Å². The van der Waals surface area contributed by atoms with Crippen molar-refractivity contribution in [2.45, 2.75) is 63.0 Å². The molecule has 0 unspecified atom stereocenters. The summed E-state index contributed by atoms with van der Waals surface area (Å²) in [5, 5.41) is 13.9. The molecule has 2 N–H and O–H groups in total. The van der Waals surface area contributed by atoms with Crippen LogP contribution in [0.15, 0.2) is 0 Å². The van der Waals surface area contributed by atoms with Crippen molar-refractivity contribution in [1.82, 2.24) is 5.32 Å². The molecule has 2 aliphatic rings. The third kappa shape index (κ3) is 4.21. The Kier molecular flexibility index (Phi) is 4.67. The maximum atomic E-state index is 11.3. The summed E-state index contributed by atoms with van der Waals surface area (Å²) in [5.74, 6) is 0.589. The van der Waals surface area contributed by atoms with E-state index >= 15 is 0 Å². The molecule has 0 atom stereocenters. The lowest BCUT2D eigenvalue weighted by Crippen LogP contribution is -2.46. The van der Waals surface area contributed by atoms with Crippen molar-refractivity contribution in [3.05, 3.63) is 0 Å². The molecule has 0 spiro atoms. The van der Waals surface area contributed by atoms with Crippen molar-refractivity contribution in [2.75, 3.05) is 18.1 Å². The summed E-state index contributed by atoms with van der Waals surface area (Å²) in [7, 11) is -2.78. The lowest BCUT2D eigenvalue weighted by molar-refractivity contribution is 0.0224. The smallest absolute Gasteiger partial charge is 0.150 e. The molecular weight excluding hydrogens is 250 g/mol. The van der Waals surface area contributed by atoms with Gasteiger partial charge in [0.2, 0.25) is 0 Å². The van der Waals surface area contributed by atoms with Gasteiger partial charge in [0.05, 0.1) is 17.1 Å². The van der Waals surface area contributed by atoms with Crippen LogP contribution in [0.25, 0.3) is 0 Å². The molecule has 0 amide bonds. The molecule has 4 nitrogen and oxygen atoms in total. The molecule has 0 radical (unpaired) electrons. The molecule has 1 heterocycles. The van der Waals surface area contributed by atoms with Gasteiger partial charge in [0.25, 0.3) is 0 Å². The van der Waals surface area contributed by atoms with Crippen molar-refractivity contribution >= 4 is 9.84 Å². The first kappa shape index (κ1) is 14.3. The van der Waals surface area contributed by atoms with E-state index in [9.17, 15) is 13.5 Å². The normalized spacial score (nSPS) is 28.7. The average Bonchev–Trinajstić information content (AvgIpc) is 2.53. The zero-order chi connectivity index (χ0) is 13.1. The molecule has 1 aliphatic carbocycles. The van der Waals surface area contributed by atoms with Gasteiger partial charge in [-0.3, -0.25) is 0 Å². The summed E-state index contributed by atoms with van der Waals surface area (Å²) in [6.45, 7) is 0.623. The third-order valence-corrected chi connectivity index (χ3v) is 6.02. The number of nitrogens with one attached hydrogen (secondary N) is 1. The van der Waals surface area contributed by atoms with Gasteiger partial charge in [-0.1, -0.05) is 25.7 Å². The van der Waals surface area contributed by atoms with Crippen LogP contribution in [0.4, 0.5) is 0 Å². The van der Waals surface area contributed by atoms with E-state index in [1.54, 1.807) is 0 Å². The Bertz CT molecular complexity index is 344. The predicted octanol–water partition coefficient (Wildman–Crippen LogP) is 1.24. The van der Waals surface area contributed by atoms with Crippen LogP contribution >= 0.6 is 0 Å². The second kappa shape index (κ2) is 5.88. The van der Waals surface area contributed by atoms with Gasteiger partial charge in [-0.2, -0.15) is 0 Å². The summed E-state index contributed by atoms with van der Waals surface area (Å²) >= 11 is 0. The zero-order valence-electron chi connectivity index (χ0n) is 11.0. The van der Waals surface area contributed by atoms with Crippen molar-refractivity contribution in [3.63, 3.8) is 0 Å². The lowest BCUT2D eigenvalue weighted by atomic mass is 9.94. The molecule has 1 aliphatic heterocycles. The van der Waals surface area contributed by atoms with E-state index in [4.69, 9.17) is 0 Å². The first-order valence-electron chi connectivity index (χ1n) is 7.15. The predicted molar refractivity (Wildman–Crippen MR) is 72.3 cm³/mol. The van der Waals surface area contributed by atoms with Gasteiger partial charge >= 0.3 is 0 Å². The highest BCUT2D eigenvalue weighted by Gasteiger charge is 2.30. The SMILES string of the molecule is O=S1(=O)CCC(NCC2(O)CCCCCC2)CC1. The number of rotatable bonds is 3. The van der Waals surface area contributed by atoms with Gasteiger partial charge < -0.3 is 10.4 Å². The topological polar surface area (TPSA) is 66.4 Å². The molecule has 5 heteroatoms. The fourth-order valence-electron chi connectivity index (χ4n) is 2.99. The Labute approximate surface area is 110 Å². The fraction of sp³-hybridized carbons (Fsp3) is 1.00. The van der Waals surface area contributed by atoms with E-state index in [0.717, 1.165) is 25.7 Å². The number of aliphatic hydroxyl groups is 1. The van der Waals surface area contributed by atoms with Gasteiger partial charge in [-0.05, 0) is 25.7 Å². The summed E-state index contributed by atoms with van der Waals surface area (Å²) in [6, 6.07) is 0.265. The average molecular weight is 275 g/mol. The molecule has 0 aromatic heterocycles. The minimum atomic E-state index is -2.78. The fourth-order valence-corrected chi connectivity index (χ4v) is 4.48. The largest absolute Gasteiger partial charge is 0.389 e. The van der Waals surface area contributed by atoms with E-state index in [1.165, 1.54) is 12.8 Å². The Morgan fingerprint density at radius 2 is 1.61 bits per heavy atom. The van der Waals surface area contributed by atoms with Crippen LogP contribution in [0.2, 0.25) is 0 Å². The van der Waals surface area contributed by atoms with Crippen molar-refractivity contribution < 1.29 is 13.5 Å². The molecule has 18 heavy (non-hydrogen) atoms. The second-order valence-corrected chi connectivity index (χ2v) is 8.25. The molecule has 2 rings (SSSR count). The van der Waals surface area contributed by atoms with Crippen molar-refractivity contribution in [3.8, 4) is 0 Å². The van der Waals surface area contributed by atoms with Gasteiger partial charge in [0, 0.05) is 12.6 Å². The summed E-state index contributed by atoms with van der Waals surface area (Å²) in [6.07, 6.45) is 7.81. The molecule has 0 aromatic carbocycles. The van der Waals surface area contributed by atoms with E-state index in [2.05, 4.69) is 5.32 Å². The molecule has 1 saturated heterocycles. The number of hydrogen-bond acceptors (Lipinski definition) is 4. The minimum absolute atomic E-state index is 0.265. The van der Waals surface area contributed by atoms with Gasteiger partial charge in [-0.25, -0.2) is 8.42 Å². The Morgan fingerprint density at radius 3 is 2.17 bits per heavy atom. The van der Waals surface area contributed by atoms with Crippen LogP contribution in [-0.4, -0.2) is 43.2 Å². The van der Waals surface area contributed by atoms with Crippen molar-refractivity contribution in [2.24, 2.45) is 0 Å². The number of sulfone groups is 1. The standard InChI is InChI=1S/C13H25NO3S/c15-13(7-3-1-2-4-8-13)11-14-12-5-9-18(16,17)10-6-12/h12,14-15H,1-11H2. The van der Waals surface area contributed by atoms with Crippen LogP contribution in [0.5, 0.6) is 0 Å². The highest BCUT2D eigenvalue weighted by molar-refractivity contribution is 7.91. The lowest BCUT2D eigenvalue weighted by Gasteiger charge is -2.31. The third-order valence-electron chi connectivity index (χ3n) is 4.31. The van der Waals surface area contributed by atoms with Crippen LogP contribution in [-0.2, 0) is 9.84 Å². The molecular formula is C13H25NO3S. The molecule has 106 valence electrons. The minimum Gasteiger partial charge on any atom is -0.389 e. The maximum absolute atomic E-state index is 11.3. The quantitative estimate of drug-likeness (QED) is 0.761. The molecule has 1 saturated carbocycles. The molecule has 0 bridgehead atoms. The second-order valence-electron chi connectivity index (χ2n) is 5.95. The monoisotopic (exact) mass is 275 g/mol. The van der Waals surface area contributed by atoms with Crippen LogP contribution in [0, 0.1) is 0 Å². The summed E-state index contributed by atoms with van der Waals surface area (Å²) in [4.78, 5) is 0. The summed E-state index contributed by atoms with van der Waals surface area (Å²) < 4.78 is 22.7. The van der Waals surface area contributed by atoms with Crippen LogP contribution < -0.4 is 5.32 Å². The number of hydrogen-bond donors (Lipinski definition) is 2. The van der Waals surface area contributed by atoms with Crippen molar-refractivity contribution in [1.29, 1.82) is 0 Å². The summed E-state index contributed by atoms with van der Waals surface area (Å²) in [5.41, 5.74) is -0.563. The van der Waals surface area contributed by atoms with E-state index in [-0.39, 0.29) is 6.04 Å². The molecule has 2 fully saturated rings. The van der Waals surface area contributed by atoms with E-state index in [1.807, 2.05) is 0 Å². The van der Waals surface area contributed by atoms with Gasteiger partial charge in [0.15, 0.2) is 0 Å². The zero-order valence-corrected chi connectivity index (χ0v) is 11.8.